The summed E-state index contributed by atoms with van der Waals surface area (Å²) in [4.78, 5) is 0.129. The lowest BCUT2D eigenvalue weighted by Gasteiger charge is -2.16. The van der Waals surface area contributed by atoms with E-state index in [2.05, 4.69) is 36.6 Å². The lowest BCUT2D eigenvalue weighted by atomic mass is 10.1. The minimum atomic E-state index is -3.67. The van der Waals surface area contributed by atoms with E-state index in [-0.39, 0.29) is 10.9 Å². The van der Waals surface area contributed by atoms with Gasteiger partial charge in [-0.25, -0.2) is 13.1 Å². The van der Waals surface area contributed by atoms with Crippen LogP contribution in [0, 0.1) is 0 Å². The molecule has 1 atom stereocenters. The number of rotatable bonds is 4. The van der Waals surface area contributed by atoms with E-state index in [1.165, 1.54) is 6.07 Å². The quantitative estimate of drug-likeness (QED) is 0.719. The summed E-state index contributed by atoms with van der Waals surface area (Å²) in [5.74, 6) is 0. The molecular formula is C14H14Br2N2O2S. The van der Waals surface area contributed by atoms with Gasteiger partial charge in [0.1, 0.15) is 0 Å². The Morgan fingerprint density at radius 1 is 1.14 bits per heavy atom. The smallest absolute Gasteiger partial charge is 0.242 e. The van der Waals surface area contributed by atoms with Crippen LogP contribution in [0.3, 0.4) is 0 Å². The van der Waals surface area contributed by atoms with Crippen LogP contribution >= 0.6 is 31.9 Å². The first-order valence-corrected chi connectivity index (χ1v) is 9.19. The molecule has 0 radical (unpaired) electrons. The van der Waals surface area contributed by atoms with E-state index in [0.29, 0.717) is 10.2 Å². The van der Waals surface area contributed by atoms with Gasteiger partial charge in [0.2, 0.25) is 10.0 Å². The van der Waals surface area contributed by atoms with Crippen molar-refractivity contribution >= 4 is 47.6 Å². The summed E-state index contributed by atoms with van der Waals surface area (Å²) in [6.07, 6.45) is 0. The molecule has 0 aromatic heterocycles. The Bertz CT molecular complexity index is 763. The van der Waals surface area contributed by atoms with Crippen molar-refractivity contribution in [3.63, 3.8) is 0 Å². The van der Waals surface area contributed by atoms with Gasteiger partial charge in [-0.2, -0.15) is 0 Å². The SMILES string of the molecule is CC(NS(=O)(=O)c1cc(N)ccc1Br)c1cccc(Br)c1. The Balaban J connectivity index is 2.31. The number of halogens is 2. The molecule has 21 heavy (non-hydrogen) atoms. The van der Waals surface area contributed by atoms with Crippen molar-refractivity contribution in [3.8, 4) is 0 Å². The lowest BCUT2D eigenvalue weighted by Crippen LogP contribution is -2.27. The highest BCUT2D eigenvalue weighted by Crippen LogP contribution is 2.26. The van der Waals surface area contributed by atoms with Gasteiger partial charge in [-0.15, -0.1) is 0 Å². The first-order chi connectivity index (χ1) is 9.79. The Morgan fingerprint density at radius 2 is 1.86 bits per heavy atom. The molecule has 0 aliphatic carbocycles. The number of sulfonamides is 1. The molecule has 2 aromatic carbocycles. The van der Waals surface area contributed by atoms with E-state index in [9.17, 15) is 8.42 Å². The van der Waals surface area contributed by atoms with Crippen molar-refractivity contribution in [3.05, 3.63) is 57.0 Å². The van der Waals surface area contributed by atoms with Gasteiger partial charge in [-0.3, -0.25) is 0 Å². The summed E-state index contributed by atoms with van der Waals surface area (Å²) < 4.78 is 29.0. The van der Waals surface area contributed by atoms with Crippen LogP contribution in [-0.2, 0) is 10.0 Å². The van der Waals surface area contributed by atoms with Gasteiger partial charge in [0, 0.05) is 20.7 Å². The number of nitrogens with one attached hydrogen (secondary N) is 1. The van der Waals surface area contributed by atoms with Crippen molar-refractivity contribution in [2.75, 3.05) is 5.73 Å². The molecule has 0 saturated carbocycles. The average molecular weight is 434 g/mol. The summed E-state index contributed by atoms with van der Waals surface area (Å²) in [5.41, 5.74) is 6.93. The third-order valence-electron chi connectivity index (χ3n) is 2.93. The number of benzene rings is 2. The molecule has 0 saturated heterocycles. The van der Waals surface area contributed by atoms with Crippen molar-refractivity contribution in [2.45, 2.75) is 17.9 Å². The Morgan fingerprint density at radius 3 is 2.52 bits per heavy atom. The molecule has 2 aromatic rings. The van der Waals surface area contributed by atoms with E-state index >= 15 is 0 Å². The van der Waals surface area contributed by atoms with Crippen LogP contribution in [0.25, 0.3) is 0 Å². The topological polar surface area (TPSA) is 72.2 Å². The van der Waals surface area contributed by atoms with Gasteiger partial charge in [0.05, 0.1) is 4.90 Å². The fourth-order valence-electron chi connectivity index (χ4n) is 1.87. The lowest BCUT2D eigenvalue weighted by molar-refractivity contribution is 0.566. The van der Waals surface area contributed by atoms with Crippen molar-refractivity contribution in [1.82, 2.24) is 4.72 Å². The Hall–Kier alpha value is -0.890. The zero-order chi connectivity index (χ0) is 15.6. The van der Waals surface area contributed by atoms with E-state index in [1.54, 1.807) is 19.1 Å². The summed E-state index contributed by atoms with van der Waals surface area (Å²) in [7, 11) is -3.67. The average Bonchev–Trinajstić information content (AvgIpc) is 2.41. The third-order valence-corrected chi connectivity index (χ3v) is 5.95. The number of hydrogen-bond donors (Lipinski definition) is 2. The fourth-order valence-corrected chi connectivity index (χ4v) is 4.51. The summed E-state index contributed by atoms with van der Waals surface area (Å²) in [5, 5.41) is 0. The van der Waals surface area contributed by atoms with Crippen molar-refractivity contribution in [2.24, 2.45) is 0 Å². The van der Waals surface area contributed by atoms with E-state index < -0.39 is 10.0 Å². The minimum Gasteiger partial charge on any atom is -0.399 e. The van der Waals surface area contributed by atoms with E-state index in [1.807, 2.05) is 24.3 Å². The predicted molar refractivity (Wildman–Crippen MR) is 91.4 cm³/mol. The monoisotopic (exact) mass is 432 g/mol. The molecule has 1 unspecified atom stereocenters. The molecule has 7 heteroatoms. The molecule has 0 aliphatic rings. The zero-order valence-corrected chi connectivity index (χ0v) is 15.2. The highest BCUT2D eigenvalue weighted by molar-refractivity contribution is 9.10. The maximum Gasteiger partial charge on any atom is 0.242 e. The molecular weight excluding hydrogens is 420 g/mol. The molecule has 0 bridgehead atoms. The van der Waals surface area contributed by atoms with Gasteiger partial charge < -0.3 is 5.73 Å². The second kappa shape index (κ2) is 6.48. The number of nitrogens with two attached hydrogens (primary N) is 1. The van der Waals surface area contributed by atoms with Gasteiger partial charge >= 0.3 is 0 Å². The van der Waals surface area contributed by atoms with Crippen molar-refractivity contribution < 1.29 is 8.42 Å². The molecule has 0 heterocycles. The molecule has 3 N–H and O–H groups in total. The highest BCUT2D eigenvalue weighted by atomic mass is 79.9. The third kappa shape index (κ3) is 4.06. The van der Waals surface area contributed by atoms with Crippen LogP contribution in [0.4, 0.5) is 5.69 Å². The van der Waals surface area contributed by atoms with E-state index in [0.717, 1.165) is 10.0 Å². The number of nitrogen functional groups attached to an aromatic ring is 1. The zero-order valence-electron chi connectivity index (χ0n) is 11.2. The van der Waals surface area contributed by atoms with Gasteiger partial charge in [-0.1, -0.05) is 28.1 Å². The van der Waals surface area contributed by atoms with E-state index in [4.69, 9.17) is 5.73 Å². The molecule has 0 spiro atoms. The highest BCUT2D eigenvalue weighted by Gasteiger charge is 2.21. The number of hydrogen-bond acceptors (Lipinski definition) is 3. The number of anilines is 1. The predicted octanol–water partition coefficient (Wildman–Crippen LogP) is 3.83. The van der Waals surface area contributed by atoms with Crippen LogP contribution in [0.1, 0.15) is 18.5 Å². The Kier molecular flexibility index (Phi) is 5.08. The largest absolute Gasteiger partial charge is 0.399 e. The standard InChI is InChI=1S/C14H14Br2N2O2S/c1-9(10-3-2-4-11(15)7-10)18-21(19,20)14-8-12(17)5-6-13(14)16/h2-9,18H,17H2,1H3. The first kappa shape index (κ1) is 16.5. The van der Waals surface area contributed by atoms with Crippen LogP contribution in [-0.4, -0.2) is 8.42 Å². The van der Waals surface area contributed by atoms with Crippen molar-refractivity contribution in [1.29, 1.82) is 0 Å². The molecule has 0 aliphatic heterocycles. The van der Waals surface area contributed by atoms with Gasteiger partial charge in [0.25, 0.3) is 0 Å². The summed E-state index contributed by atoms with van der Waals surface area (Å²) >= 11 is 6.62. The summed E-state index contributed by atoms with van der Waals surface area (Å²) in [6.45, 7) is 1.79. The normalized spacial score (nSPS) is 13.1. The second-order valence-corrected chi connectivity index (χ2v) is 8.04. The molecule has 0 amide bonds. The van der Waals surface area contributed by atoms with Crippen LogP contribution in [0.2, 0.25) is 0 Å². The fraction of sp³-hybridized carbons (Fsp3) is 0.143. The minimum absolute atomic E-state index is 0.129. The molecule has 2 rings (SSSR count). The van der Waals surface area contributed by atoms with Crippen LogP contribution < -0.4 is 10.5 Å². The molecule has 0 fully saturated rings. The summed E-state index contributed by atoms with van der Waals surface area (Å²) in [6, 6.07) is 11.8. The van der Waals surface area contributed by atoms with Crippen LogP contribution in [0.5, 0.6) is 0 Å². The maximum atomic E-state index is 12.5. The second-order valence-electron chi connectivity index (χ2n) is 4.59. The van der Waals surface area contributed by atoms with Crippen LogP contribution in [0.15, 0.2) is 56.3 Å². The molecule has 4 nitrogen and oxygen atoms in total. The van der Waals surface area contributed by atoms with Gasteiger partial charge in [-0.05, 0) is 58.7 Å². The Labute approximate surface area is 141 Å². The molecule has 112 valence electrons. The maximum absolute atomic E-state index is 12.5. The van der Waals surface area contributed by atoms with Gasteiger partial charge in [0.15, 0.2) is 0 Å². The first-order valence-electron chi connectivity index (χ1n) is 6.12.